The maximum Gasteiger partial charge on any atom is 0.267 e. The Kier molecular flexibility index (Phi) is 4.37. The lowest BCUT2D eigenvalue weighted by molar-refractivity contribution is 0.0995. The van der Waals surface area contributed by atoms with E-state index in [1.54, 1.807) is 12.3 Å². The van der Waals surface area contributed by atoms with Gasteiger partial charge in [0, 0.05) is 25.0 Å². The number of benzene rings is 1. The minimum atomic E-state index is -0.473. The van der Waals surface area contributed by atoms with Crippen LogP contribution in [0.1, 0.15) is 41.2 Å². The van der Waals surface area contributed by atoms with Crippen molar-refractivity contribution >= 4 is 11.6 Å². The highest BCUT2D eigenvalue weighted by molar-refractivity contribution is 5.91. The monoisotopic (exact) mass is 295 g/mol. The number of carbonyl (C=O) groups excluding carboxylic acids is 1. The fourth-order valence-corrected chi connectivity index (χ4v) is 3.16. The number of rotatable bonds is 3. The van der Waals surface area contributed by atoms with Gasteiger partial charge in [0.2, 0.25) is 0 Å². The van der Waals surface area contributed by atoms with E-state index in [2.05, 4.69) is 40.2 Å². The first-order chi connectivity index (χ1) is 10.7. The summed E-state index contributed by atoms with van der Waals surface area (Å²) in [4.78, 5) is 17.6. The molecule has 0 radical (unpaired) electrons. The summed E-state index contributed by atoms with van der Waals surface area (Å²) in [7, 11) is 0. The molecule has 0 spiro atoms. The third-order valence-corrected chi connectivity index (χ3v) is 4.36. The summed E-state index contributed by atoms with van der Waals surface area (Å²) in [6.45, 7) is 1.99. The summed E-state index contributed by atoms with van der Waals surface area (Å²) in [5, 5.41) is 0. The topological polar surface area (TPSA) is 59.2 Å². The van der Waals surface area contributed by atoms with Crippen molar-refractivity contribution < 1.29 is 4.79 Å². The lowest BCUT2D eigenvalue weighted by Crippen LogP contribution is -2.25. The number of nitrogens with zero attached hydrogens (tertiary/aromatic N) is 2. The molecule has 1 aromatic heterocycles. The van der Waals surface area contributed by atoms with Crippen LogP contribution in [-0.2, 0) is 0 Å². The second kappa shape index (κ2) is 6.60. The van der Waals surface area contributed by atoms with Crippen LogP contribution in [0.2, 0.25) is 0 Å². The van der Waals surface area contributed by atoms with Gasteiger partial charge < -0.3 is 10.6 Å². The number of hydrogen-bond donors (Lipinski definition) is 1. The number of anilines is 1. The Hall–Kier alpha value is -2.36. The first-order valence-corrected chi connectivity index (χ1v) is 7.80. The zero-order valence-corrected chi connectivity index (χ0v) is 12.6. The number of amides is 1. The van der Waals surface area contributed by atoms with Gasteiger partial charge in [-0.1, -0.05) is 30.3 Å². The van der Waals surface area contributed by atoms with E-state index in [1.165, 1.54) is 12.0 Å². The zero-order chi connectivity index (χ0) is 15.4. The number of carbonyl (C=O) groups is 1. The zero-order valence-electron chi connectivity index (χ0n) is 12.6. The summed E-state index contributed by atoms with van der Waals surface area (Å²) in [5.41, 5.74) is 8.12. The first kappa shape index (κ1) is 14.6. The van der Waals surface area contributed by atoms with E-state index in [4.69, 9.17) is 5.73 Å². The van der Waals surface area contributed by atoms with Gasteiger partial charge >= 0.3 is 0 Å². The largest absolute Gasteiger partial charge is 0.371 e. The van der Waals surface area contributed by atoms with Gasteiger partial charge in [0.15, 0.2) is 0 Å². The molecule has 1 aromatic carbocycles. The van der Waals surface area contributed by atoms with Gasteiger partial charge in [0.05, 0.1) is 0 Å². The Balaban J connectivity index is 1.73. The molecule has 4 heteroatoms. The lowest BCUT2D eigenvalue weighted by atomic mass is 9.92. The minimum Gasteiger partial charge on any atom is -0.371 e. The van der Waals surface area contributed by atoms with Crippen LogP contribution in [0.5, 0.6) is 0 Å². The van der Waals surface area contributed by atoms with E-state index in [1.807, 2.05) is 6.07 Å². The van der Waals surface area contributed by atoms with Gasteiger partial charge in [0.25, 0.3) is 5.91 Å². The van der Waals surface area contributed by atoms with Gasteiger partial charge in [-0.3, -0.25) is 9.78 Å². The standard InChI is InChI=1S/C18H21N3O/c19-18(22)17-13-16(8-10-20-17)21-11-4-7-15(9-12-21)14-5-2-1-3-6-14/h1-3,5-6,8,10,13,15H,4,7,9,11-12H2,(H2,19,22). The van der Waals surface area contributed by atoms with Crippen LogP contribution in [-0.4, -0.2) is 24.0 Å². The van der Waals surface area contributed by atoms with Crippen LogP contribution in [0.25, 0.3) is 0 Å². The molecule has 4 nitrogen and oxygen atoms in total. The summed E-state index contributed by atoms with van der Waals surface area (Å²) in [5.74, 6) is 0.141. The van der Waals surface area contributed by atoms with Crippen LogP contribution in [0.15, 0.2) is 48.7 Å². The summed E-state index contributed by atoms with van der Waals surface area (Å²) in [6, 6.07) is 14.5. The van der Waals surface area contributed by atoms with Crippen LogP contribution in [0, 0.1) is 0 Å². The Bertz CT molecular complexity index is 642. The molecule has 0 bridgehead atoms. The fourth-order valence-electron chi connectivity index (χ4n) is 3.16. The number of hydrogen-bond acceptors (Lipinski definition) is 3. The molecule has 3 rings (SSSR count). The van der Waals surface area contributed by atoms with Crippen molar-refractivity contribution in [2.75, 3.05) is 18.0 Å². The van der Waals surface area contributed by atoms with E-state index in [-0.39, 0.29) is 0 Å². The third-order valence-electron chi connectivity index (χ3n) is 4.36. The molecule has 1 unspecified atom stereocenters. The van der Waals surface area contributed by atoms with Crippen LogP contribution >= 0.6 is 0 Å². The molecule has 2 aromatic rings. The SMILES string of the molecule is NC(=O)c1cc(N2CCCC(c3ccccc3)CC2)ccn1. The van der Waals surface area contributed by atoms with Crippen LogP contribution < -0.4 is 10.6 Å². The molecule has 1 saturated heterocycles. The molecule has 0 aliphatic carbocycles. The Labute approximate surface area is 131 Å². The minimum absolute atomic E-state index is 0.335. The average molecular weight is 295 g/mol. The van der Waals surface area contributed by atoms with Crippen molar-refractivity contribution in [1.82, 2.24) is 4.98 Å². The highest BCUT2D eigenvalue weighted by Crippen LogP contribution is 2.29. The third kappa shape index (κ3) is 3.27. The maximum atomic E-state index is 11.3. The normalized spacial score (nSPS) is 18.7. The van der Waals surface area contributed by atoms with E-state index >= 15 is 0 Å². The molecule has 22 heavy (non-hydrogen) atoms. The molecule has 114 valence electrons. The van der Waals surface area contributed by atoms with Crippen molar-refractivity contribution in [3.05, 3.63) is 59.9 Å². The quantitative estimate of drug-likeness (QED) is 0.947. The van der Waals surface area contributed by atoms with Gasteiger partial charge in [0.1, 0.15) is 5.69 Å². The van der Waals surface area contributed by atoms with Crippen molar-refractivity contribution in [2.24, 2.45) is 5.73 Å². The van der Waals surface area contributed by atoms with Crippen molar-refractivity contribution in [3.8, 4) is 0 Å². The second-order valence-electron chi connectivity index (χ2n) is 5.79. The van der Waals surface area contributed by atoms with Crippen molar-refractivity contribution in [1.29, 1.82) is 0 Å². The smallest absolute Gasteiger partial charge is 0.267 e. The van der Waals surface area contributed by atoms with Crippen LogP contribution in [0.3, 0.4) is 0 Å². The van der Waals surface area contributed by atoms with Gasteiger partial charge in [-0.05, 0) is 42.9 Å². The number of primary amides is 1. The second-order valence-corrected chi connectivity index (χ2v) is 5.79. The Morgan fingerprint density at radius 2 is 1.95 bits per heavy atom. The summed E-state index contributed by atoms with van der Waals surface area (Å²) < 4.78 is 0. The van der Waals surface area contributed by atoms with E-state index in [0.717, 1.165) is 31.6 Å². The molecular formula is C18H21N3O. The van der Waals surface area contributed by atoms with Gasteiger partial charge in [-0.15, -0.1) is 0 Å². The molecule has 2 N–H and O–H groups in total. The van der Waals surface area contributed by atoms with Crippen molar-refractivity contribution in [3.63, 3.8) is 0 Å². The Morgan fingerprint density at radius 1 is 1.14 bits per heavy atom. The molecule has 0 saturated carbocycles. The highest BCUT2D eigenvalue weighted by atomic mass is 16.1. The predicted octanol–water partition coefficient (Wildman–Crippen LogP) is 2.95. The fraction of sp³-hybridized carbons (Fsp3) is 0.333. The average Bonchev–Trinajstić information content (AvgIpc) is 2.82. The summed E-state index contributed by atoms with van der Waals surface area (Å²) in [6.07, 6.45) is 5.13. The molecule has 2 heterocycles. The first-order valence-electron chi connectivity index (χ1n) is 7.80. The molecule has 1 aliphatic heterocycles. The number of pyridine rings is 1. The van der Waals surface area contributed by atoms with Gasteiger partial charge in [-0.25, -0.2) is 0 Å². The molecule has 1 aliphatic rings. The maximum absolute atomic E-state index is 11.3. The molecule has 1 amide bonds. The van der Waals surface area contributed by atoms with E-state index in [0.29, 0.717) is 11.6 Å². The van der Waals surface area contributed by atoms with Crippen molar-refractivity contribution in [2.45, 2.75) is 25.2 Å². The van der Waals surface area contributed by atoms with E-state index in [9.17, 15) is 4.79 Å². The summed E-state index contributed by atoms with van der Waals surface area (Å²) >= 11 is 0. The Morgan fingerprint density at radius 3 is 2.73 bits per heavy atom. The molecule has 1 atom stereocenters. The molecule has 1 fully saturated rings. The number of aromatic nitrogens is 1. The van der Waals surface area contributed by atoms with Gasteiger partial charge in [-0.2, -0.15) is 0 Å². The van der Waals surface area contributed by atoms with Crippen LogP contribution in [0.4, 0.5) is 5.69 Å². The number of nitrogens with two attached hydrogens (primary N) is 1. The predicted molar refractivity (Wildman–Crippen MR) is 88.0 cm³/mol. The highest BCUT2D eigenvalue weighted by Gasteiger charge is 2.19. The van der Waals surface area contributed by atoms with E-state index < -0.39 is 5.91 Å². The molecular weight excluding hydrogens is 274 g/mol. The lowest BCUT2D eigenvalue weighted by Gasteiger charge is -2.23.